The zero-order valence-electron chi connectivity index (χ0n) is 11.1. The van der Waals surface area contributed by atoms with Crippen molar-refractivity contribution in [2.75, 3.05) is 13.2 Å². The van der Waals surface area contributed by atoms with Crippen LogP contribution >= 0.6 is 0 Å². The molecular formula is C11H21NO9. The number of aliphatic hydroxyl groups is 6. The molecule has 2 aliphatic heterocycles. The minimum Gasteiger partial charge on any atom is -0.394 e. The molecule has 10 heteroatoms. The standard InChI is InChI=1S/C11H21NO9/c12-5-3(14)2-19-11(7(5)16)21-9-8(17)6(15)4(1-13)20-10(9)18/h3-11,13-18H,1-2,12H2/t3-,4+,5-,6+,7+,8-,9+,10?,11-/m0/s1. The molecule has 0 aliphatic carbocycles. The van der Waals surface area contributed by atoms with Gasteiger partial charge in [0, 0.05) is 0 Å². The van der Waals surface area contributed by atoms with E-state index in [-0.39, 0.29) is 6.61 Å². The summed E-state index contributed by atoms with van der Waals surface area (Å²) in [4.78, 5) is 0. The lowest BCUT2D eigenvalue weighted by Crippen LogP contribution is -2.63. The predicted octanol–water partition coefficient (Wildman–Crippen LogP) is -4.79. The monoisotopic (exact) mass is 311 g/mol. The highest BCUT2D eigenvalue weighted by molar-refractivity contribution is 4.92. The number of rotatable bonds is 3. The summed E-state index contributed by atoms with van der Waals surface area (Å²) < 4.78 is 15.2. The number of hydrogen-bond donors (Lipinski definition) is 7. The Morgan fingerprint density at radius 1 is 1.05 bits per heavy atom. The van der Waals surface area contributed by atoms with Gasteiger partial charge >= 0.3 is 0 Å². The van der Waals surface area contributed by atoms with Gasteiger partial charge in [0.2, 0.25) is 0 Å². The number of nitrogens with two attached hydrogens (primary N) is 1. The smallest absolute Gasteiger partial charge is 0.185 e. The van der Waals surface area contributed by atoms with Crippen molar-refractivity contribution in [3.05, 3.63) is 0 Å². The first-order chi connectivity index (χ1) is 9.86. The highest BCUT2D eigenvalue weighted by Crippen LogP contribution is 2.26. The Kier molecular flexibility index (Phi) is 5.48. The lowest BCUT2D eigenvalue weighted by molar-refractivity contribution is -0.342. The third-order valence-electron chi connectivity index (χ3n) is 3.68. The van der Waals surface area contributed by atoms with Crippen LogP contribution in [-0.2, 0) is 14.2 Å². The summed E-state index contributed by atoms with van der Waals surface area (Å²) in [6, 6.07) is -1.02. The number of hydrogen-bond acceptors (Lipinski definition) is 10. The van der Waals surface area contributed by atoms with Crippen LogP contribution in [0.25, 0.3) is 0 Å². The van der Waals surface area contributed by atoms with E-state index >= 15 is 0 Å². The van der Waals surface area contributed by atoms with Gasteiger partial charge in [-0.2, -0.15) is 0 Å². The molecule has 0 aromatic heterocycles. The maximum atomic E-state index is 9.90. The fraction of sp³-hybridized carbons (Fsp3) is 1.00. The molecule has 2 aliphatic rings. The van der Waals surface area contributed by atoms with Crippen LogP contribution in [-0.4, -0.2) is 99.1 Å². The summed E-state index contributed by atoms with van der Waals surface area (Å²) >= 11 is 0. The van der Waals surface area contributed by atoms with Crippen molar-refractivity contribution in [1.29, 1.82) is 0 Å². The molecule has 0 amide bonds. The van der Waals surface area contributed by atoms with Crippen molar-refractivity contribution < 1.29 is 44.8 Å². The van der Waals surface area contributed by atoms with E-state index in [1.165, 1.54) is 0 Å². The second-order valence-corrected chi connectivity index (χ2v) is 5.17. The second kappa shape index (κ2) is 6.79. The van der Waals surface area contributed by atoms with Gasteiger partial charge in [0.1, 0.15) is 30.5 Å². The molecule has 2 heterocycles. The Morgan fingerprint density at radius 2 is 1.71 bits per heavy atom. The summed E-state index contributed by atoms with van der Waals surface area (Å²) in [7, 11) is 0. The highest BCUT2D eigenvalue weighted by Gasteiger charge is 2.47. The predicted molar refractivity (Wildman–Crippen MR) is 64.6 cm³/mol. The van der Waals surface area contributed by atoms with E-state index in [1.807, 2.05) is 0 Å². The first kappa shape index (κ1) is 17.0. The van der Waals surface area contributed by atoms with E-state index in [1.54, 1.807) is 0 Å². The minimum absolute atomic E-state index is 0.190. The quantitative estimate of drug-likeness (QED) is 0.268. The highest BCUT2D eigenvalue weighted by atomic mass is 16.7. The molecular weight excluding hydrogens is 290 g/mol. The van der Waals surface area contributed by atoms with Crippen molar-refractivity contribution in [3.63, 3.8) is 0 Å². The van der Waals surface area contributed by atoms with Crippen LogP contribution in [0.4, 0.5) is 0 Å². The molecule has 1 unspecified atom stereocenters. The van der Waals surface area contributed by atoms with Gasteiger partial charge in [-0.05, 0) is 0 Å². The topological polar surface area (TPSA) is 175 Å². The Labute approximate surface area is 120 Å². The zero-order valence-corrected chi connectivity index (χ0v) is 11.1. The van der Waals surface area contributed by atoms with Crippen molar-refractivity contribution in [2.45, 2.75) is 55.2 Å². The van der Waals surface area contributed by atoms with Gasteiger partial charge in [-0.15, -0.1) is 0 Å². The van der Waals surface area contributed by atoms with Crippen molar-refractivity contribution in [1.82, 2.24) is 0 Å². The summed E-state index contributed by atoms with van der Waals surface area (Å²) in [5.41, 5.74) is 5.56. The van der Waals surface area contributed by atoms with Gasteiger partial charge in [0.25, 0.3) is 0 Å². The van der Waals surface area contributed by atoms with Crippen LogP contribution in [0, 0.1) is 0 Å². The van der Waals surface area contributed by atoms with Gasteiger partial charge in [-0.25, -0.2) is 0 Å². The molecule has 2 saturated heterocycles. The zero-order chi connectivity index (χ0) is 15.7. The average Bonchev–Trinajstić information content (AvgIpc) is 2.47. The second-order valence-electron chi connectivity index (χ2n) is 5.17. The van der Waals surface area contributed by atoms with Gasteiger partial charge in [0.05, 0.1) is 25.4 Å². The van der Waals surface area contributed by atoms with Crippen LogP contribution in [0.2, 0.25) is 0 Å². The molecule has 0 aromatic rings. The normalized spacial score (nSPS) is 51.9. The van der Waals surface area contributed by atoms with Gasteiger partial charge in [-0.1, -0.05) is 0 Å². The molecule has 2 rings (SSSR count). The van der Waals surface area contributed by atoms with E-state index in [4.69, 9.17) is 25.1 Å². The maximum Gasteiger partial charge on any atom is 0.185 e. The van der Waals surface area contributed by atoms with Crippen LogP contribution in [0.1, 0.15) is 0 Å². The van der Waals surface area contributed by atoms with Gasteiger partial charge < -0.3 is 50.6 Å². The third-order valence-corrected chi connectivity index (χ3v) is 3.68. The van der Waals surface area contributed by atoms with Gasteiger partial charge in [0.15, 0.2) is 12.6 Å². The molecule has 0 spiro atoms. The molecule has 10 nitrogen and oxygen atoms in total. The summed E-state index contributed by atoms with van der Waals surface area (Å²) in [5, 5.41) is 57.6. The van der Waals surface area contributed by atoms with E-state index < -0.39 is 61.9 Å². The summed E-state index contributed by atoms with van der Waals surface area (Å²) in [5.74, 6) is 0. The molecule has 0 aromatic carbocycles. The molecule has 0 bridgehead atoms. The van der Waals surface area contributed by atoms with E-state index in [0.717, 1.165) is 0 Å². The SMILES string of the molecule is N[C@@H]1[C@@H](O)[C@H](O[C@H]2C(O)O[C@H](CO)[C@@H](O)[C@@H]2O)OC[C@@H]1O. The first-order valence-electron chi connectivity index (χ1n) is 6.56. The summed E-state index contributed by atoms with van der Waals surface area (Å²) in [6.07, 6.45) is -11.0. The van der Waals surface area contributed by atoms with Crippen molar-refractivity contribution in [3.8, 4) is 0 Å². The third kappa shape index (κ3) is 3.35. The van der Waals surface area contributed by atoms with Crippen LogP contribution in [0.3, 0.4) is 0 Å². The van der Waals surface area contributed by atoms with E-state index in [0.29, 0.717) is 0 Å². The average molecular weight is 311 g/mol. The lowest BCUT2D eigenvalue weighted by atomic mass is 9.98. The Hall–Kier alpha value is -0.400. The largest absolute Gasteiger partial charge is 0.394 e. The van der Waals surface area contributed by atoms with Crippen LogP contribution in [0.5, 0.6) is 0 Å². The molecule has 0 radical (unpaired) electrons. The number of aliphatic hydroxyl groups excluding tert-OH is 6. The molecule has 124 valence electrons. The molecule has 21 heavy (non-hydrogen) atoms. The van der Waals surface area contributed by atoms with Crippen molar-refractivity contribution in [2.24, 2.45) is 5.73 Å². The molecule has 0 saturated carbocycles. The fourth-order valence-electron chi connectivity index (χ4n) is 2.31. The molecule has 8 N–H and O–H groups in total. The molecule has 9 atom stereocenters. The van der Waals surface area contributed by atoms with Gasteiger partial charge in [-0.3, -0.25) is 0 Å². The molecule has 2 fully saturated rings. The Bertz CT molecular complexity index is 346. The van der Waals surface area contributed by atoms with Crippen LogP contribution < -0.4 is 5.73 Å². The first-order valence-corrected chi connectivity index (χ1v) is 6.56. The summed E-state index contributed by atoms with van der Waals surface area (Å²) in [6.45, 7) is -0.786. The van der Waals surface area contributed by atoms with Crippen molar-refractivity contribution >= 4 is 0 Å². The van der Waals surface area contributed by atoms with E-state index in [9.17, 15) is 25.5 Å². The van der Waals surface area contributed by atoms with Crippen LogP contribution in [0.15, 0.2) is 0 Å². The minimum atomic E-state index is -1.64. The number of ether oxygens (including phenoxy) is 3. The maximum absolute atomic E-state index is 9.90. The lowest BCUT2D eigenvalue weighted by Gasteiger charge is -2.43. The fourth-order valence-corrected chi connectivity index (χ4v) is 2.31. The Morgan fingerprint density at radius 3 is 2.33 bits per heavy atom. The Balaban J connectivity index is 2.01. The van der Waals surface area contributed by atoms with E-state index in [2.05, 4.69) is 0 Å².